The van der Waals surface area contributed by atoms with E-state index in [2.05, 4.69) is 10.7 Å². The molecule has 16 heavy (non-hydrogen) atoms. The van der Waals surface area contributed by atoms with Crippen LogP contribution in [0.15, 0.2) is 23.3 Å². The molecule has 0 spiro atoms. The molecule has 0 bridgehead atoms. The van der Waals surface area contributed by atoms with Gasteiger partial charge in [-0.15, -0.1) is 0 Å². The van der Waals surface area contributed by atoms with E-state index in [-0.39, 0.29) is 5.03 Å². The summed E-state index contributed by atoms with van der Waals surface area (Å²) in [5.74, 6) is 2.69. The summed E-state index contributed by atoms with van der Waals surface area (Å²) < 4.78 is 0. The predicted octanol–water partition coefficient (Wildman–Crippen LogP) is -0.325. The monoisotopic (exact) mass is 245 g/mol. The van der Waals surface area contributed by atoms with Gasteiger partial charge in [-0.2, -0.15) is 0 Å². The van der Waals surface area contributed by atoms with Crippen molar-refractivity contribution in [1.82, 2.24) is 10.7 Å². The van der Waals surface area contributed by atoms with Crippen LogP contribution in [0.3, 0.4) is 0 Å². The number of halogens is 1. The standard InChI is InChI=1S/C9H12ClN3O3/c1-5(14)12-9(13-11)3-2-6(10)4-7(9)8(15)16/h2-4,7,13H,11H2,1H3,(H,12,14)(H,15,16). The molecule has 0 saturated carbocycles. The summed E-state index contributed by atoms with van der Waals surface area (Å²) >= 11 is 5.71. The lowest BCUT2D eigenvalue weighted by molar-refractivity contribution is -0.143. The first-order valence-corrected chi connectivity index (χ1v) is 4.85. The number of carboxylic acids is 1. The van der Waals surface area contributed by atoms with Crippen molar-refractivity contribution in [1.29, 1.82) is 0 Å². The number of carbonyl (C=O) groups is 2. The SMILES string of the molecule is CC(=O)NC1(NN)C=CC(Cl)=CC1C(=O)O. The number of hydrogen-bond donors (Lipinski definition) is 4. The third-order valence-electron chi connectivity index (χ3n) is 2.21. The Morgan fingerprint density at radius 3 is 2.69 bits per heavy atom. The van der Waals surface area contributed by atoms with Crippen molar-refractivity contribution in [3.8, 4) is 0 Å². The number of nitrogens with two attached hydrogens (primary N) is 1. The molecule has 1 amide bonds. The number of carboxylic acid groups (broad SMARTS) is 1. The van der Waals surface area contributed by atoms with Crippen LogP contribution >= 0.6 is 11.6 Å². The zero-order valence-corrected chi connectivity index (χ0v) is 9.28. The van der Waals surface area contributed by atoms with Gasteiger partial charge >= 0.3 is 5.97 Å². The van der Waals surface area contributed by atoms with Gasteiger partial charge in [-0.1, -0.05) is 11.6 Å². The fourth-order valence-corrected chi connectivity index (χ4v) is 1.70. The average molecular weight is 246 g/mol. The van der Waals surface area contributed by atoms with Gasteiger partial charge in [-0.3, -0.25) is 15.4 Å². The zero-order chi connectivity index (χ0) is 12.3. The van der Waals surface area contributed by atoms with Gasteiger partial charge < -0.3 is 10.4 Å². The Kier molecular flexibility index (Phi) is 3.69. The molecule has 2 atom stereocenters. The number of carbonyl (C=O) groups excluding carboxylic acids is 1. The summed E-state index contributed by atoms with van der Waals surface area (Å²) in [6.07, 6.45) is 4.19. The first-order valence-electron chi connectivity index (χ1n) is 4.47. The molecule has 0 heterocycles. The smallest absolute Gasteiger partial charge is 0.314 e. The summed E-state index contributed by atoms with van der Waals surface area (Å²) in [6, 6.07) is 0. The maximum Gasteiger partial charge on any atom is 0.314 e. The molecule has 0 radical (unpaired) electrons. The maximum atomic E-state index is 11.1. The minimum atomic E-state index is -1.35. The van der Waals surface area contributed by atoms with Crippen LogP contribution < -0.4 is 16.6 Å². The zero-order valence-electron chi connectivity index (χ0n) is 8.53. The van der Waals surface area contributed by atoms with Gasteiger partial charge in [-0.25, -0.2) is 5.43 Å². The third kappa shape index (κ3) is 2.41. The second-order valence-electron chi connectivity index (χ2n) is 3.40. The molecule has 1 rings (SSSR count). The lowest BCUT2D eigenvalue weighted by Gasteiger charge is -2.36. The molecule has 6 nitrogen and oxygen atoms in total. The van der Waals surface area contributed by atoms with Crippen molar-refractivity contribution in [2.24, 2.45) is 11.8 Å². The molecular weight excluding hydrogens is 234 g/mol. The number of aliphatic carboxylic acids is 1. The lowest BCUT2D eigenvalue weighted by atomic mass is 9.88. The molecule has 0 saturated heterocycles. The molecule has 5 N–H and O–H groups in total. The quantitative estimate of drug-likeness (QED) is 0.310. The van der Waals surface area contributed by atoms with Gasteiger partial charge in [0, 0.05) is 12.0 Å². The van der Waals surface area contributed by atoms with Gasteiger partial charge in [-0.05, 0) is 18.2 Å². The number of rotatable bonds is 3. The second kappa shape index (κ2) is 4.65. The van der Waals surface area contributed by atoms with Crippen LogP contribution in [0.4, 0.5) is 0 Å². The largest absolute Gasteiger partial charge is 0.481 e. The van der Waals surface area contributed by atoms with Crippen molar-refractivity contribution in [2.75, 3.05) is 0 Å². The van der Waals surface area contributed by atoms with E-state index in [9.17, 15) is 9.59 Å². The van der Waals surface area contributed by atoms with E-state index in [0.717, 1.165) is 0 Å². The third-order valence-corrected chi connectivity index (χ3v) is 2.46. The number of hydrogen-bond acceptors (Lipinski definition) is 4. The van der Waals surface area contributed by atoms with Gasteiger partial charge in [0.05, 0.1) is 0 Å². The Balaban J connectivity index is 3.11. The van der Waals surface area contributed by atoms with E-state index in [1.807, 2.05) is 0 Å². The molecule has 0 aromatic heterocycles. The maximum absolute atomic E-state index is 11.1. The van der Waals surface area contributed by atoms with E-state index >= 15 is 0 Å². The highest BCUT2D eigenvalue weighted by molar-refractivity contribution is 6.31. The summed E-state index contributed by atoms with van der Waals surface area (Å²) in [5.41, 5.74) is 0.947. The Bertz CT molecular complexity index is 380. The first-order chi connectivity index (χ1) is 7.41. The molecular formula is C9H12ClN3O3. The Labute approximate surface area is 97.1 Å². The molecule has 7 heteroatoms. The molecule has 1 aliphatic rings. The van der Waals surface area contributed by atoms with Crippen molar-refractivity contribution in [2.45, 2.75) is 12.6 Å². The molecule has 0 aromatic carbocycles. The summed E-state index contributed by atoms with van der Waals surface area (Å²) in [6.45, 7) is 1.27. The van der Waals surface area contributed by atoms with Crippen LogP contribution in [-0.4, -0.2) is 22.6 Å². The van der Waals surface area contributed by atoms with E-state index in [1.54, 1.807) is 0 Å². The average Bonchev–Trinajstić information content (AvgIpc) is 2.20. The summed E-state index contributed by atoms with van der Waals surface area (Å²) in [5, 5.41) is 11.8. The van der Waals surface area contributed by atoms with Gasteiger partial charge in [0.25, 0.3) is 0 Å². The van der Waals surface area contributed by atoms with Crippen LogP contribution in [0.5, 0.6) is 0 Å². The topological polar surface area (TPSA) is 104 Å². The highest BCUT2D eigenvalue weighted by Crippen LogP contribution is 2.26. The van der Waals surface area contributed by atoms with Gasteiger partial charge in [0.15, 0.2) is 0 Å². The van der Waals surface area contributed by atoms with Crippen molar-refractivity contribution in [3.05, 3.63) is 23.3 Å². The molecule has 0 aliphatic heterocycles. The highest BCUT2D eigenvalue weighted by Gasteiger charge is 2.42. The van der Waals surface area contributed by atoms with Crippen LogP contribution in [0.2, 0.25) is 0 Å². The van der Waals surface area contributed by atoms with E-state index in [0.29, 0.717) is 0 Å². The second-order valence-corrected chi connectivity index (χ2v) is 3.83. The summed E-state index contributed by atoms with van der Waals surface area (Å²) in [4.78, 5) is 22.1. The fraction of sp³-hybridized carbons (Fsp3) is 0.333. The molecule has 88 valence electrons. The number of nitrogens with one attached hydrogen (secondary N) is 2. The van der Waals surface area contributed by atoms with Crippen molar-refractivity contribution >= 4 is 23.5 Å². The fourth-order valence-electron chi connectivity index (χ4n) is 1.51. The van der Waals surface area contributed by atoms with Crippen molar-refractivity contribution in [3.63, 3.8) is 0 Å². The van der Waals surface area contributed by atoms with Crippen molar-refractivity contribution < 1.29 is 14.7 Å². The van der Waals surface area contributed by atoms with Gasteiger partial charge in [0.2, 0.25) is 5.91 Å². The van der Waals surface area contributed by atoms with Crippen LogP contribution in [0.1, 0.15) is 6.92 Å². The number of amides is 1. The van der Waals surface area contributed by atoms with Crippen LogP contribution in [0.25, 0.3) is 0 Å². The minimum absolute atomic E-state index is 0.281. The first kappa shape index (κ1) is 12.7. The van der Waals surface area contributed by atoms with E-state index in [1.165, 1.54) is 25.2 Å². The summed E-state index contributed by atoms with van der Waals surface area (Å²) in [7, 11) is 0. The Hall–Kier alpha value is -1.37. The van der Waals surface area contributed by atoms with E-state index in [4.69, 9.17) is 22.6 Å². The highest BCUT2D eigenvalue weighted by atomic mass is 35.5. The molecule has 1 aliphatic carbocycles. The Morgan fingerprint density at radius 1 is 1.62 bits per heavy atom. The molecule has 0 fully saturated rings. The molecule has 0 aromatic rings. The lowest BCUT2D eigenvalue weighted by Crippen LogP contribution is -2.66. The number of allylic oxidation sites excluding steroid dienone is 2. The van der Waals surface area contributed by atoms with Gasteiger partial charge in [0.1, 0.15) is 11.6 Å². The normalized spacial score (nSPS) is 28.4. The van der Waals surface area contributed by atoms with E-state index < -0.39 is 23.5 Å². The molecule has 2 unspecified atom stereocenters. The Morgan fingerprint density at radius 2 is 2.25 bits per heavy atom. The predicted molar refractivity (Wildman–Crippen MR) is 58.1 cm³/mol. The van der Waals surface area contributed by atoms with Crippen LogP contribution in [0, 0.1) is 5.92 Å². The minimum Gasteiger partial charge on any atom is -0.481 e. The number of hydrazine groups is 1. The van der Waals surface area contributed by atoms with Crippen LogP contribution in [-0.2, 0) is 9.59 Å².